The first kappa shape index (κ1) is 15.1. The molecular weight excluding hydrogens is 250 g/mol. The van der Waals surface area contributed by atoms with Crippen molar-refractivity contribution in [3.8, 4) is 6.07 Å². The Bertz CT molecular complexity index is 440. The van der Waals surface area contributed by atoms with Crippen molar-refractivity contribution in [1.82, 2.24) is 19.9 Å². The van der Waals surface area contributed by atoms with Crippen LogP contribution in [0, 0.1) is 11.3 Å². The Balaban J connectivity index is 2.44. The molecule has 1 heterocycles. The van der Waals surface area contributed by atoms with Gasteiger partial charge in [-0.1, -0.05) is 5.21 Å². The Morgan fingerprint density at radius 3 is 2.95 bits per heavy atom. The molecule has 0 radical (unpaired) electrons. The number of hydrogen-bond donors (Lipinski definition) is 1. The van der Waals surface area contributed by atoms with Gasteiger partial charge in [-0.15, -0.1) is 5.10 Å². The molecule has 1 rings (SSSR count). The number of nitrogens with zero attached hydrogens (tertiary/aromatic N) is 5. The average Bonchev–Trinajstić information content (AvgIpc) is 2.87. The van der Waals surface area contributed by atoms with E-state index in [2.05, 4.69) is 21.3 Å². The van der Waals surface area contributed by atoms with Crippen LogP contribution in [-0.2, 0) is 11.3 Å². The number of methoxy groups -OCH3 is 1. The number of nitriles is 1. The second-order valence-corrected chi connectivity index (χ2v) is 3.91. The monoisotopic (exact) mass is 267 g/mol. The quantitative estimate of drug-likeness (QED) is 0.662. The fourth-order valence-corrected chi connectivity index (χ4v) is 1.51. The lowest BCUT2D eigenvalue weighted by Gasteiger charge is -2.20. The van der Waals surface area contributed by atoms with Crippen LogP contribution in [0.5, 0.6) is 0 Å². The first-order valence-electron chi connectivity index (χ1n) is 5.89. The molecule has 0 unspecified atom stereocenters. The average molecular weight is 267 g/mol. The number of ether oxygens (including phenoxy) is 1. The summed E-state index contributed by atoms with van der Waals surface area (Å²) in [5, 5.41) is 24.6. The Morgan fingerprint density at radius 2 is 2.37 bits per heavy atom. The third-order valence-electron chi connectivity index (χ3n) is 2.55. The predicted molar refractivity (Wildman–Crippen MR) is 65.5 cm³/mol. The number of aromatic nitrogens is 3. The van der Waals surface area contributed by atoms with E-state index in [9.17, 15) is 4.79 Å². The van der Waals surface area contributed by atoms with Crippen LogP contribution < -0.4 is 0 Å². The second-order valence-electron chi connectivity index (χ2n) is 3.91. The van der Waals surface area contributed by atoms with Crippen LogP contribution in [0.3, 0.4) is 0 Å². The Hall–Kier alpha value is -1.98. The van der Waals surface area contributed by atoms with Gasteiger partial charge in [-0.3, -0.25) is 9.58 Å². The third kappa shape index (κ3) is 5.46. The van der Waals surface area contributed by atoms with Crippen LogP contribution in [-0.4, -0.2) is 64.3 Å². The fraction of sp³-hybridized carbons (Fsp3) is 0.636. The Labute approximate surface area is 111 Å². The highest BCUT2D eigenvalue weighted by molar-refractivity contribution is 5.84. The highest BCUT2D eigenvalue weighted by Crippen LogP contribution is 1.96. The summed E-state index contributed by atoms with van der Waals surface area (Å²) in [6.45, 7) is 3.14. The normalized spacial score (nSPS) is 10.6. The SMILES string of the molecule is COCCN(CCC#N)CCn1cc(C(=O)O)nn1. The molecule has 0 fully saturated rings. The summed E-state index contributed by atoms with van der Waals surface area (Å²) in [6.07, 6.45) is 1.84. The van der Waals surface area contributed by atoms with Gasteiger partial charge in [-0.25, -0.2) is 4.79 Å². The van der Waals surface area contributed by atoms with E-state index in [1.54, 1.807) is 7.11 Å². The van der Waals surface area contributed by atoms with E-state index in [-0.39, 0.29) is 5.69 Å². The summed E-state index contributed by atoms with van der Waals surface area (Å²) in [4.78, 5) is 12.7. The molecule has 0 aliphatic heterocycles. The fourth-order valence-electron chi connectivity index (χ4n) is 1.51. The topological polar surface area (TPSA) is 104 Å². The molecule has 1 aromatic rings. The Kier molecular flexibility index (Phi) is 6.49. The van der Waals surface area contributed by atoms with Gasteiger partial charge in [-0.05, 0) is 0 Å². The maximum absolute atomic E-state index is 10.7. The first-order chi connectivity index (χ1) is 9.17. The third-order valence-corrected chi connectivity index (χ3v) is 2.55. The summed E-state index contributed by atoms with van der Waals surface area (Å²) in [7, 11) is 1.62. The number of carboxylic acids is 1. The van der Waals surface area contributed by atoms with Gasteiger partial charge in [0.25, 0.3) is 0 Å². The van der Waals surface area contributed by atoms with Crippen molar-refractivity contribution in [2.45, 2.75) is 13.0 Å². The van der Waals surface area contributed by atoms with Crippen molar-refractivity contribution < 1.29 is 14.6 Å². The number of aromatic carboxylic acids is 1. The van der Waals surface area contributed by atoms with Crippen molar-refractivity contribution in [2.75, 3.05) is 33.4 Å². The van der Waals surface area contributed by atoms with Crippen LogP contribution in [0.1, 0.15) is 16.9 Å². The molecule has 1 aromatic heterocycles. The lowest BCUT2D eigenvalue weighted by molar-refractivity contribution is 0.0690. The smallest absolute Gasteiger partial charge is 0.358 e. The van der Waals surface area contributed by atoms with E-state index in [1.807, 2.05) is 0 Å². The lowest BCUT2D eigenvalue weighted by Crippen LogP contribution is -2.31. The van der Waals surface area contributed by atoms with Crippen LogP contribution in [0.4, 0.5) is 0 Å². The van der Waals surface area contributed by atoms with Gasteiger partial charge in [0.15, 0.2) is 5.69 Å². The zero-order valence-corrected chi connectivity index (χ0v) is 10.8. The minimum Gasteiger partial charge on any atom is -0.476 e. The molecular formula is C11H17N5O3. The first-order valence-corrected chi connectivity index (χ1v) is 5.89. The number of rotatable bonds is 9. The van der Waals surface area contributed by atoms with Gasteiger partial charge in [0.1, 0.15) is 0 Å². The summed E-state index contributed by atoms with van der Waals surface area (Å²) < 4.78 is 6.48. The molecule has 0 aliphatic rings. The minimum absolute atomic E-state index is 0.0690. The predicted octanol–water partition coefficient (Wildman–Crippen LogP) is -0.162. The highest BCUT2D eigenvalue weighted by Gasteiger charge is 2.09. The molecule has 19 heavy (non-hydrogen) atoms. The molecule has 0 spiro atoms. The van der Waals surface area contributed by atoms with Crippen molar-refractivity contribution in [3.05, 3.63) is 11.9 Å². The van der Waals surface area contributed by atoms with Gasteiger partial charge in [-0.2, -0.15) is 5.26 Å². The van der Waals surface area contributed by atoms with E-state index in [0.717, 1.165) is 6.54 Å². The van der Waals surface area contributed by atoms with Crippen molar-refractivity contribution in [2.24, 2.45) is 0 Å². The van der Waals surface area contributed by atoms with Crippen molar-refractivity contribution in [1.29, 1.82) is 5.26 Å². The lowest BCUT2D eigenvalue weighted by atomic mass is 10.4. The van der Waals surface area contributed by atoms with Gasteiger partial charge in [0, 0.05) is 33.2 Å². The van der Waals surface area contributed by atoms with E-state index in [1.165, 1.54) is 10.9 Å². The van der Waals surface area contributed by atoms with E-state index < -0.39 is 5.97 Å². The summed E-state index contributed by atoms with van der Waals surface area (Å²) in [5.41, 5.74) is -0.0690. The molecule has 1 N–H and O–H groups in total. The van der Waals surface area contributed by atoms with E-state index in [0.29, 0.717) is 32.7 Å². The molecule has 0 aliphatic carbocycles. The van der Waals surface area contributed by atoms with Gasteiger partial charge >= 0.3 is 5.97 Å². The molecule has 104 valence electrons. The van der Waals surface area contributed by atoms with Crippen LogP contribution >= 0.6 is 0 Å². The van der Waals surface area contributed by atoms with Crippen molar-refractivity contribution in [3.63, 3.8) is 0 Å². The zero-order chi connectivity index (χ0) is 14.1. The van der Waals surface area contributed by atoms with Crippen molar-refractivity contribution >= 4 is 5.97 Å². The summed E-state index contributed by atoms with van der Waals surface area (Å²) in [6, 6.07) is 2.10. The summed E-state index contributed by atoms with van der Waals surface area (Å²) in [5.74, 6) is -1.09. The molecule has 0 atom stereocenters. The largest absolute Gasteiger partial charge is 0.476 e. The molecule has 0 saturated heterocycles. The maximum atomic E-state index is 10.7. The number of carboxylic acid groups (broad SMARTS) is 1. The molecule has 0 aromatic carbocycles. The number of carbonyl (C=O) groups is 1. The van der Waals surface area contributed by atoms with Crippen LogP contribution in [0.2, 0.25) is 0 Å². The maximum Gasteiger partial charge on any atom is 0.358 e. The second kappa shape index (κ2) is 8.18. The van der Waals surface area contributed by atoms with Gasteiger partial charge < -0.3 is 9.84 Å². The van der Waals surface area contributed by atoms with Gasteiger partial charge in [0.2, 0.25) is 0 Å². The molecule has 8 heteroatoms. The number of hydrogen-bond acceptors (Lipinski definition) is 6. The van der Waals surface area contributed by atoms with E-state index >= 15 is 0 Å². The summed E-state index contributed by atoms with van der Waals surface area (Å²) >= 11 is 0. The van der Waals surface area contributed by atoms with Crippen LogP contribution in [0.15, 0.2) is 6.20 Å². The highest BCUT2D eigenvalue weighted by atomic mass is 16.5. The minimum atomic E-state index is -1.09. The standard InChI is InChI=1S/C11H17N5O3/c1-19-8-7-15(4-2-3-12)5-6-16-9-10(11(17)18)13-14-16/h9H,2,4-8H2,1H3,(H,17,18). The molecule has 8 nitrogen and oxygen atoms in total. The zero-order valence-electron chi connectivity index (χ0n) is 10.8. The Morgan fingerprint density at radius 1 is 1.58 bits per heavy atom. The van der Waals surface area contributed by atoms with E-state index in [4.69, 9.17) is 15.1 Å². The molecule has 0 saturated carbocycles. The van der Waals surface area contributed by atoms with Gasteiger partial charge in [0.05, 0.1) is 25.4 Å². The molecule has 0 amide bonds. The van der Waals surface area contributed by atoms with Crippen LogP contribution in [0.25, 0.3) is 0 Å². The molecule has 0 bridgehead atoms.